The van der Waals surface area contributed by atoms with Crippen LogP contribution in [0.4, 0.5) is 5.69 Å². The topological polar surface area (TPSA) is 56.8 Å². The molecule has 1 aliphatic heterocycles. The predicted octanol–water partition coefficient (Wildman–Crippen LogP) is 4.04. The molecule has 0 unspecified atom stereocenters. The minimum absolute atomic E-state index is 0.146. The largest absolute Gasteiger partial charge is 0.497 e. The molecule has 0 radical (unpaired) electrons. The molecule has 2 aromatic carbocycles. The van der Waals surface area contributed by atoms with E-state index in [4.69, 9.17) is 25.8 Å². The van der Waals surface area contributed by atoms with E-state index in [1.807, 2.05) is 19.1 Å². The van der Waals surface area contributed by atoms with Gasteiger partial charge in [-0.3, -0.25) is 4.79 Å². The van der Waals surface area contributed by atoms with E-state index in [1.165, 1.54) is 0 Å². The maximum Gasteiger partial charge on any atom is 0.234 e. The Labute approximate surface area is 151 Å². The zero-order chi connectivity index (χ0) is 17.9. The van der Waals surface area contributed by atoms with Gasteiger partial charge < -0.3 is 19.5 Å². The van der Waals surface area contributed by atoms with Crippen LogP contribution in [0.15, 0.2) is 48.5 Å². The molecule has 0 atom stereocenters. The lowest BCUT2D eigenvalue weighted by atomic mass is 9.90. The second-order valence-corrected chi connectivity index (χ2v) is 6.69. The van der Waals surface area contributed by atoms with E-state index < -0.39 is 11.7 Å². The lowest BCUT2D eigenvalue weighted by Gasteiger charge is -2.36. The standard InChI is InChI=1S/C19H20ClNO4/c1-19(18(22)21-15-7-9-16(23-2)10-8-15)11-24-17(25-12-19)13-3-5-14(20)6-4-13/h3-10,17H,11-12H2,1-2H3,(H,21,22). The normalized spacial score (nSPS) is 23.1. The van der Waals surface area contributed by atoms with Gasteiger partial charge in [-0.15, -0.1) is 0 Å². The average Bonchev–Trinajstić information content (AvgIpc) is 2.64. The second-order valence-electron chi connectivity index (χ2n) is 6.25. The summed E-state index contributed by atoms with van der Waals surface area (Å²) in [6, 6.07) is 14.5. The van der Waals surface area contributed by atoms with E-state index in [9.17, 15) is 4.79 Å². The first kappa shape index (κ1) is 17.7. The molecule has 0 saturated carbocycles. The molecule has 1 fully saturated rings. The van der Waals surface area contributed by atoms with E-state index in [1.54, 1.807) is 43.5 Å². The number of amides is 1. The van der Waals surface area contributed by atoms with Gasteiger partial charge in [0.1, 0.15) is 5.75 Å². The van der Waals surface area contributed by atoms with Crippen molar-refractivity contribution >= 4 is 23.2 Å². The number of carbonyl (C=O) groups excluding carboxylic acids is 1. The monoisotopic (exact) mass is 361 g/mol. The molecule has 1 N–H and O–H groups in total. The van der Waals surface area contributed by atoms with Gasteiger partial charge in [-0.2, -0.15) is 0 Å². The third kappa shape index (κ3) is 4.12. The zero-order valence-electron chi connectivity index (χ0n) is 14.1. The lowest BCUT2D eigenvalue weighted by Crippen LogP contribution is -2.45. The van der Waals surface area contributed by atoms with Crippen LogP contribution in [0.1, 0.15) is 18.8 Å². The summed E-state index contributed by atoms with van der Waals surface area (Å²) in [7, 11) is 1.60. The summed E-state index contributed by atoms with van der Waals surface area (Å²) in [5, 5.41) is 3.55. The fourth-order valence-electron chi connectivity index (χ4n) is 2.51. The molecule has 2 aromatic rings. The van der Waals surface area contributed by atoms with Crippen LogP contribution in [-0.4, -0.2) is 26.2 Å². The van der Waals surface area contributed by atoms with Gasteiger partial charge in [-0.05, 0) is 43.3 Å². The SMILES string of the molecule is COc1ccc(NC(=O)C2(C)COC(c3ccc(Cl)cc3)OC2)cc1. The Hall–Kier alpha value is -2.08. The second kappa shape index (κ2) is 7.44. The van der Waals surface area contributed by atoms with Gasteiger partial charge in [0.2, 0.25) is 5.91 Å². The predicted molar refractivity (Wildman–Crippen MR) is 95.8 cm³/mol. The number of nitrogens with one attached hydrogen (secondary N) is 1. The number of hydrogen-bond donors (Lipinski definition) is 1. The number of hydrogen-bond acceptors (Lipinski definition) is 4. The highest BCUT2D eigenvalue weighted by Gasteiger charge is 2.39. The fourth-order valence-corrected chi connectivity index (χ4v) is 2.63. The third-order valence-electron chi connectivity index (χ3n) is 4.14. The Morgan fingerprint density at radius 2 is 1.72 bits per heavy atom. The number of rotatable bonds is 4. The number of anilines is 1. The number of methoxy groups -OCH3 is 1. The summed E-state index contributed by atoms with van der Waals surface area (Å²) < 4.78 is 16.6. The first-order chi connectivity index (χ1) is 12.0. The van der Waals surface area contributed by atoms with Gasteiger partial charge in [0, 0.05) is 16.3 Å². The van der Waals surface area contributed by atoms with E-state index >= 15 is 0 Å². The van der Waals surface area contributed by atoms with Crippen molar-refractivity contribution in [1.82, 2.24) is 0 Å². The number of halogens is 1. The van der Waals surface area contributed by atoms with Crippen molar-refractivity contribution in [3.8, 4) is 5.75 Å². The highest BCUT2D eigenvalue weighted by molar-refractivity contribution is 6.30. The van der Waals surface area contributed by atoms with E-state index in [0.29, 0.717) is 10.7 Å². The van der Waals surface area contributed by atoms with Crippen LogP contribution in [-0.2, 0) is 14.3 Å². The van der Waals surface area contributed by atoms with Gasteiger partial charge in [0.05, 0.1) is 25.7 Å². The van der Waals surface area contributed by atoms with Gasteiger partial charge in [-0.1, -0.05) is 23.7 Å². The Morgan fingerprint density at radius 1 is 1.12 bits per heavy atom. The van der Waals surface area contributed by atoms with Crippen LogP contribution in [0.25, 0.3) is 0 Å². The minimum atomic E-state index is -0.761. The van der Waals surface area contributed by atoms with Crippen LogP contribution < -0.4 is 10.1 Å². The molecule has 3 rings (SSSR count). The zero-order valence-corrected chi connectivity index (χ0v) is 14.9. The number of benzene rings is 2. The van der Waals surface area contributed by atoms with Crippen molar-refractivity contribution in [3.63, 3.8) is 0 Å². The Morgan fingerprint density at radius 3 is 2.28 bits per heavy atom. The first-order valence-corrected chi connectivity index (χ1v) is 8.32. The number of carbonyl (C=O) groups is 1. The molecule has 1 amide bonds. The maximum atomic E-state index is 12.6. The van der Waals surface area contributed by atoms with Crippen LogP contribution >= 0.6 is 11.6 Å². The van der Waals surface area contributed by atoms with Gasteiger partial charge in [0.15, 0.2) is 6.29 Å². The average molecular weight is 362 g/mol. The van der Waals surface area contributed by atoms with Crippen LogP contribution in [0, 0.1) is 5.41 Å². The molecular formula is C19H20ClNO4. The van der Waals surface area contributed by atoms with Crippen molar-refractivity contribution < 1.29 is 19.0 Å². The Balaban J connectivity index is 1.60. The summed E-state index contributed by atoms with van der Waals surface area (Å²) >= 11 is 5.89. The van der Waals surface area contributed by atoms with E-state index in [2.05, 4.69) is 5.32 Å². The lowest BCUT2D eigenvalue weighted by molar-refractivity contribution is -0.226. The molecule has 6 heteroatoms. The Kier molecular flexibility index (Phi) is 5.27. The fraction of sp³-hybridized carbons (Fsp3) is 0.316. The molecule has 0 bridgehead atoms. The van der Waals surface area contributed by atoms with Crippen molar-refractivity contribution in [3.05, 3.63) is 59.1 Å². The molecule has 0 aromatic heterocycles. The van der Waals surface area contributed by atoms with Gasteiger partial charge >= 0.3 is 0 Å². The highest BCUT2D eigenvalue weighted by atomic mass is 35.5. The molecule has 1 aliphatic rings. The molecule has 1 heterocycles. The molecule has 5 nitrogen and oxygen atoms in total. The Bertz CT molecular complexity index is 722. The summed E-state index contributed by atoms with van der Waals surface area (Å²) in [6.45, 7) is 2.36. The molecule has 0 aliphatic carbocycles. The van der Waals surface area contributed by atoms with E-state index in [-0.39, 0.29) is 19.1 Å². The van der Waals surface area contributed by atoms with Crippen LogP contribution in [0.5, 0.6) is 5.75 Å². The molecule has 1 saturated heterocycles. The molecule has 132 valence electrons. The van der Waals surface area contributed by atoms with Crippen LogP contribution in [0.2, 0.25) is 5.02 Å². The molecular weight excluding hydrogens is 342 g/mol. The summed E-state index contributed by atoms with van der Waals surface area (Å²) in [5.74, 6) is 0.589. The van der Waals surface area contributed by atoms with Crippen molar-refractivity contribution in [2.24, 2.45) is 5.41 Å². The smallest absolute Gasteiger partial charge is 0.234 e. The van der Waals surface area contributed by atoms with Gasteiger partial charge in [-0.25, -0.2) is 0 Å². The first-order valence-electron chi connectivity index (χ1n) is 7.94. The maximum absolute atomic E-state index is 12.6. The van der Waals surface area contributed by atoms with Gasteiger partial charge in [0.25, 0.3) is 0 Å². The molecule has 25 heavy (non-hydrogen) atoms. The summed E-state index contributed by atoms with van der Waals surface area (Å²) in [4.78, 5) is 12.6. The van der Waals surface area contributed by atoms with Crippen molar-refractivity contribution in [2.45, 2.75) is 13.2 Å². The third-order valence-corrected chi connectivity index (χ3v) is 4.40. The highest BCUT2D eigenvalue weighted by Crippen LogP contribution is 2.33. The van der Waals surface area contributed by atoms with Crippen molar-refractivity contribution in [2.75, 3.05) is 25.6 Å². The summed E-state index contributed by atoms with van der Waals surface area (Å²) in [6.07, 6.45) is -0.487. The van der Waals surface area contributed by atoms with Crippen molar-refractivity contribution in [1.29, 1.82) is 0 Å². The van der Waals surface area contributed by atoms with Crippen LogP contribution in [0.3, 0.4) is 0 Å². The van der Waals surface area contributed by atoms with E-state index in [0.717, 1.165) is 11.3 Å². The molecule has 0 spiro atoms. The number of ether oxygens (including phenoxy) is 3. The quantitative estimate of drug-likeness (QED) is 0.893. The minimum Gasteiger partial charge on any atom is -0.497 e. The summed E-state index contributed by atoms with van der Waals surface area (Å²) in [5.41, 5.74) is 0.817.